The number of halogens is 1. The van der Waals surface area contributed by atoms with Crippen molar-refractivity contribution in [2.24, 2.45) is 0 Å². The molecule has 0 aliphatic heterocycles. The second-order valence-electron chi connectivity index (χ2n) is 4.33. The normalized spacial score (nSPS) is 10.1. The molecule has 2 rings (SSSR count). The highest BCUT2D eigenvalue weighted by Gasteiger charge is 2.22. The van der Waals surface area contributed by atoms with E-state index in [1.807, 2.05) is 13.0 Å². The van der Waals surface area contributed by atoms with Crippen LogP contribution in [0.4, 0.5) is 5.69 Å². The van der Waals surface area contributed by atoms with Gasteiger partial charge in [-0.3, -0.25) is 0 Å². The minimum absolute atomic E-state index is 0.0928. The fraction of sp³-hybridized carbons (Fsp3) is 0.200. The molecular weight excluding hydrogens is 350 g/mol. The van der Waals surface area contributed by atoms with Gasteiger partial charge in [-0.05, 0) is 35.0 Å². The Kier molecular flexibility index (Phi) is 4.73. The summed E-state index contributed by atoms with van der Waals surface area (Å²) in [6, 6.07) is 7.29. The molecule has 0 fully saturated rings. The number of hydrogen-bond donors (Lipinski definition) is 1. The van der Waals surface area contributed by atoms with Crippen molar-refractivity contribution in [3.05, 3.63) is 40.1 Å². The number of benzene rings is 1. The molecule has 0 atom stereocenters. The first-order chi connectivity index (χ1) is 10.5. The van der Waals surface area contributed by atoms with Crippen molar-refractivity contribution in [1.29, 1.82) is 5.26 Å². The summed E-state index contributed by atoms with van der Waals surface area (Å²) in [5.74, 6) is 0.0153. The topological polar surface area (TPSA) is 90.3 Å². The van der Waals surface area contributed by atoms with Crippen LogP contribution >= 0.6 is 15.9 Å². The summed E-state index contributed by atoms with van der Waals surface area (Å²) in [6.45, 7) is 2.38. The number of hydrogen-bond acceptors (Lipinski definition) is 5. The molecule has 2 N–H and O–H groups in total. The van der Waals surface area contributed by atoms with Gasteiger partial charge in [0.2, 0.25) is 0 Å². The number of anilines is 1. The van der Waals surface area contributed by atoms with Gasteiger partial charge in [0, 0.05) is 18.0 Å². The molecular formula is C15H14BrN3O3. The Balaban J connectivity index is 2.64. The van der Waals surface area contributed by atoms with Crippen molar-refractivity contribution in [1.82, 2.24) is 4.57 Å². The quantitative estimate of drug-likeness (QED) is 0.843. The zero-order chi connectivity index (χ0) is 16.3. The molecule has 0 amide bonds. The lowest BCUT2D eigenvalue weighted by molar-refractivity contribution is 0.0593. The average molecular weight is 364 g/mol. The van der Waals surface area contributed by atoms with Crippen LogP contribution in [0.1, 0.15) is 23.0 Å². The van der Waals surface area contributed by atoms with Crippen LogP contribution in [0.2, 0.25) is 0 Å². The number of methoxy groups -OCH3 is 1. The van der Waals surface area contributed by atoms with E-state index in [4.69, 9.17) is 20.5 Å². The zero-order valence-corrected chi connectivity index (χ0v) is 13.7. The van der Waals surface area contributed by atoms with Crippen LogP contribution < -0.4 is 10.5 Å². The van der Waals surface area contributed by atoms with Crippen molar-refractivity contribution >= 4 is 27.6 Å². The van der Waals surface area contributed by atoms with E-state index in [2.05, 4.69) is 15.9 Å². The van der Waals surface area contributed by atoms with E-state index in [9.17, 15) is 4.79 Å². The maximum absolute atomic E-state index is 12.0. The molecule has 0 aliphatic carbocycles. The van der Waals surface area contributed by atoms with Crippen LogP contribution in [0.15, 0.2) is 28.9 Å². The number of nitrogens with zero attached hydrogens (tertiary/aromatic N) is 2. The third kappa shape index (κ3) is 2.78. The molecule has 0 spiro atoms. The number of ether oxygens (including phenoxy) is 2. The van der Waals surface area contributed by atoms with Crippen LogP contribution in [-0.2, 0) is 4.74 Å². The van der Waals surface area contributed by atoms with Crippen LogP contribution in [0.3, 0.4) is 0 Å². The monoisotopic (exact) mass is 363 g/mol. The van der Waals surface area contributed by atoms with Crippen LogP contribution in [-0.4, -0.2) is 24.3 Å². The molecule has 2 aromatic rings. The van der Waals surface area contributed by atoms with Gasteiger partial charge in [-0.15, -0.1) is 0 Å². The molecule has 0 saturated carbocycles. The van der Waals surface area contributed by atoms with E-state index < -0.39 is 5.97 Å². The molecule has 1 heterocycles. The third-order valence-corrected chi connectivity index (χ3v) is 3.69. The molecule has 7 heteroatoms. The van der Waals surface area contributed by atoms with Crippen molar-refractivity contribution in [3.63, 3.8) is 0 Å². The summed E-state index contributed by atoms with van der Waals surface area (Å²) in [5.41, 5.74) is 6.93. The number of nitriles is 1. The smallest absolute Gasteiger partial charge is 0.357 e. The standard InChI is InChI=1S/C15H14BrN3O3/c1-3-22-12-6-10(4-5-11(12)16)19-8-9(7-17)13(18)14(19)15(20)21-2/h4-6,8H,3,18H2,1-2H3. The molecule has 6 nitrogen and oxygen atoms in total. The van der Waals surface area contributed by atoms with Gasteiger partial charge in [0.1, 0.15) is 11.8 Å². The van der Waals surface area contributed by atoms with Gasteiger partial charge in [-0.25, -0.2) is 4.79 Å². The Morgan fingerprint density at radius 3 is 2.82 bits per heavy atom. The molecule has 0 radical (unpaired) electrons. The van der Waals surface area contributed by atoms with E-state index in [0.717, 1.165) is 4.47 Å². The third-order valence-electron chi connectivity index (χ3n) is 3.04. The second kappa shape index (κ2) is 6.54. The fourth-order valence-corrected chi connectivity index (χ4v) is 2.39. The molecule has 114 valence electrons. The average Bonchev–Trinajstić information content (AvgIpc) is 2.85. The fourth-order valence-electron chi connectivity index (χ4n) is 2.03. The summed E-state index contributed by atoms with van der Waals surface area (Å²) in [4.78, 5) is 12.0. The zero-order valence-electron chi connectivity index (χ0n) is 12.1. The van der Waals surface area contributed by atoms with Gasteiger partial charge in [0.05, 0.1) is 29.4 Å². The van der Waals surface area contributed by atoms with E-state index in [1.54, 1.807) is 18.2 Å². The van der Waals surface area contributed by atoms with Gasteiger partial charge in [-0.1, -0.05) is 0 Å². The lowest BCUT2D eigenvalue weighted by atomic mass is 10.2. The van der Waals surface area contributed by atoms with Crippen molar-refractivity contribution < 1.29 is 14.3 Å². The number of rotatable bonds is 4. The van der Waals surface area contributed by atoms with Crippen molar-refractivity contribution in [2.75, 3.05) is 19.5 Å². The lowest BCUT2D eigenvalue weighted by Crippen LogP contribution is -2.11. The Labute approximate surface area is 136 Å². The minimum Gasteiger partial charge on any atom is -0.493 e. The Hall–Kier alpha value is -2.46. The summed E-state index contributed by atoms with van der Waals surface area (Å²) < 4.78 is 12.6. The lowest BCUT2D eigenvalue weighted by Gasteiger charge is -2.11. The number of carbonyl (C=O) groups is 1. The summed E-state index contributed by atoms with van der Waals surface area (Å²) in [5, 5.41) is 9.11. The summed E-state index contributed by atoms with van der Waals surface area (Å²) in [7, 11) is 1.26. The highest BCUT2D eigenvalue weighted by atomic mass is 79.9. The molecule has 0 aliphatic rings. The molecule has 1 aromatic heterocycles. The van der Waals surface area contributed by atoms with Gasteiger partial charge >= 0.3 is 5.97 Å². The molecule has 22 heavy (non-hydrogen) atoms. The van der Waals surface area contributed by atoms with Crippen LogP contribution in [0.25, 0.3) is 5.69 Å². The van der Waals surface area contributed by atoms with Gasteiger partial charge in [-0.2, -0.15) is 5.26 Å². The number of aromatic nitrogens is 1. The van der Waals surface area contributed by atoms with Gasteiger partial charge in [0.25, 0.3) is 0 Å². The van der Waals surface area contributed by atoms with Crippen LogP contribution in [0.5, 0.6) is 5.75 Å². The predicted octanol–water partition coefficient (Wildman–Crippen LogP) is 2.88. The van der Waals surface area contributed by atoms with E-state index in [0.29, 0.717) is 18.0 Å². The van der Waals surface area contributed by atoms with E-state index >= 15 is 0 Å². The largest absolute Gasteiger partial charge is 0.493 e. The summed E-state index contributed by atoms with van der Waals surface area (Å²) in [6.07, 6.45) is 1.50. The highest BCUT2D eigenvalue weighted by molar-refractivity contribution is 9.10. The second-order valence-corrected chi connectivity index (χ2v) is 5.18. The first-order valence-electron chi connectivity index (χ1n) is 6.45. The van der Waals surface area contributed by atoms with Crippen molar-refractivity contribution in [2.45, 2.75) is 6.92 Å². The van der Waals surface area contributed by atoms with Gasteiger partial charge in [0.15, 0.2) is 5.69 Å². The Morgan fingerprint density at radius 1 is 1.50 bits per heavy atom. The number of nitrogens with two attached hydrogens (primary N) is 1. The molecule has 1 aromatic carbocycles. The Morgan fingerprint density at radius 2 is 2.23 bits per heavy atom. The first kappa shape index (κ1) is 15.9. The number of esters is 1. The highest BCUT2D eigenvalue weighted by Crippen LogP contribution is 2.30. The maximum atomic E-state index is 12.0. The minimum atomic E-state index is -0.611. The van der Waals surface area contributed by atoms with Gasteiger partial charge < -0.3 is 19.8 Å². The number of nitrogen functional groups attached to an aromatic ring is 1. The predicted molar refractivity (Wildman–Crippen MR) is 85.1 cm³/mol. The van der Waals surface area contributed by atoms with E-state index in [-0.39, 0.29) is 16.9 Å². The first-order valence-corrected chi connectivity index (χ1v) is 7.24. The van der Waals surface area contributed by atoms with E-state index in [1.165, 1.54) is 17.9 Å². The van der Waals surface area contributed by atoms with Crippen LogP contribution in [0, 0.1) is 11.3 Å². The Bertz CT molecular complexity index is 762. The maximum Gasteiger partial charge on any atom is 0.357 e. The van der Waals surface area contributed by atoms with Crippen molar-refractivity contribution in [3.8, 4) is 17.5 Å². The molecule has 0 unspecified atom stereocenters. The number of carbonyl (C=O) groups excluding carboxylic acids is 1. The molecule has 0 bridgehead atoms. The molecule has 0 saturated heterocycles. The SMILES string of the molecule is CCOc1cc(-n2cc(C#N)c(N)c2C(=O)OC)ccc1Br. The summed E-state index contributed by atoms with van der Waals surface area (Å²) >= 11 is 3.40.